The standard InChI is InChI=1S/C9H9Cl2F2N/c10-6-1-5(2-7(11)4-6)3-8(14)9(12)13/h1-2,4,8-9H,3,14H2. The second-order valence-electron chi connectivity index (χ2n) is 2.98. The molecule has 1 nitrogen and oxygen atoms in total. The van der Waals surface area contributed by atoms with Crippen molar-refractivity contribution in [3.63, 3.8) is 0 Å². The number of nitrogens with two attached hydrogens (primary N) is 1. The third-order valence-electron chi connectivity index (χ3n) is 1.72. The van der Waals surface area contributed by atoms with Gasteiger partial charge in [-0.25, -0.2) is 8.78 Å². The van der Waals surface area contributed by atoms with Gasteiger partial charge in [-0.05, 0) is 30.2 Å². The molecule has 5 heteroatoms. The van der Waals surface area contributed by atoms with Crippen LogP contribution in [0.1, 0.15) is 5.56 Å². The summed E-state index contributed by atoms with van der Waals surface area (Å²) < 4.78 is 24.2. The van der Waals surface area contributed by atoms with Gasteiger partial charge in [0.2, 0.25) is 0 Å². The Balaban J connectivity index is 2.76. The smallest absolute Gasteiger partial charge is 0.253 e. The highest BCUT2D eigenvalue weighted by atomic mass is 35.5. The molecule has 0 saturated heterocycles. The quantitative estimate of drug-likeness (QED) is 0.862. The maximum atomic E-state index is 12.1. The van der Waals surface area contributed by atoms with Crippen LogP contribution in [-0.2, 0) is 6.42 Å². The summed E-state index contributed by atoms with van der Waals surface area (Å²) in [5, 5.41) is 0.850. The summed E-state index contributed by atoms with van der Waals surface area (Å²) in [7, 11) is 0. The summed E-state index contributed by atoms with van der Waals surface area (Å²) >= 11 is 11.4. The Morgan fingerprint density at radius 1 is 1.14 bits per heavy atom. The molecule has 1 rings (SSSR count). The predicted octanol–water partition coefficient (Wildman–Crippen LogP) is 3.13. The molecular formula is C9H9Cl2F2N. The van der Waals surface area contributed by atoms with Crippen molar-refractivity contribution in [2.24, 2.45) is 5.73 Å². The minimum Gasteiger partial charge on any atom is -0.323 e. The zero-order chi connectivity index (χ0) is 10.7. The Hall–Kier alpha value is -0.380. The van der Waals surface area contributed by atoms with E-state index in [1.54, 1.807) is 18.2 Å². The molecule has 1 aromatic carbocycles. The zero-order valence-corrected chi connectivity index (χ0v) is 8.69. The molecule has 0 spiro atoms. The third-order valence-corrected chi connectivity index (χ3v) is 2.15. The SMILES string of the molecule is NC(Cc1cc(Cl)cc(Cl)c1)C(F)F. The number of rotatable bonds is 3. The fraction of sp³-hybridized carbons (Fsp3) is 0.333. The van der Waals surface area contributed by atoms with Crippen molar-refractivity contribution in [2.45, 2.75) is 18.9 Å². The minimum absolute atomic E-state index is 0.0674. The molecule has 0 radical (unpaired) electrons. The van der Waals surface area contributed by atoms with Crippen molar-refractivity contribution in [2.75, 3.05) is 0 Å². The fourth-order valence-electron chi connectivity index (χ4n) is 1.09. The monoisotopic (exact) mass is 239 g/mol. The summed E-state index contributed by atoms with van der Waals surface area (Å²) in [6, 6.07) is 3.52. The fourth-order valence-corrected chi connectivity index (χ4v) is 1.66. The number of halogens is 4. The molecule has 1 unspecified atom stereocenters. The molecule has 0 amide bonds. The van der Waals surface area contributed by atoms with Gasteiger partial charge in [0.25, 0.3) is 6.43 Å². The highest BCUT2D eigenvalue weighted by molar-refractivity contribution is 6.34. The van der Waals surface area contributed by atoms with E-state index in [9.17, 15) is 8.78 Å². The molecule has 1 aromatic rings. The van der Waals surface area contributed by atoms with Crippen LogP contribution in [0.25, 0.3) is 0 Å². The van der Waals surface area contributed by atoms with Gasteiger partial charge in [-0.1, -0.05) is 23.2 Å². The molecule has 2 N–H and O–H groups in total. The second kappa shape index (κ2) is 4.91. The summed E-state index contributed by atoms with van der Waals surface area (Å²) in [6.45, 7) is 0. The van der Waals surface area contributed by atoms with Crippen LogP contribution in [0.2, 0.25) is 10.0 Å². The number of alkyl halides is 2. The lowest BCUT2D eigenvalue weighted by Crippen LogP contribution is -2.30. The molecule has 14 heavy (non-hydrogen) atoms. The number of hydrogen-bond donors (Lipinski definition) is 1. The molecule has 0 aliphatic rings. The molecule has 0 heterocycles. The molecule has 0 aliphatic carbocycles. The second-order valence-corrected chi connectivity index (χ2v) is 3.85. The molecule has 78 valence electrons. The third kappa shape index (κ3) is 3.40. The van der Waals surface area contributed by atoms with E-state index in [1.807, 2.05) is 0 Å². The lowest BCUT2D eigenvalue weighted by atomic mass is 10.1. The minimum atomic E-state index is -2.53. The lowest BCUT2D eigenvalue weighted by molar-refractivity contribution is 0.116. The van der Waals surface area contributed by atoms with E-state index in [-0.39, 0.29) is 6.42 Å². The van der Waals surface area contributed by atoms with E-state index in [4.69, 9.17) is 28.9 Å². The van der Waals surface area contributed by atoms with Gasteiger partial charge in [0.05, 0.1) is 6.04 Å². The Kier molecular flexibility index (Phi) is 4.11. The van der Waals surface area contributed by atoms with E-state index in [1.165, 1.54) is 0 Å². The van der Waals surface area contributed by atoms with Gasteiger partial charge >= 0.3 is 0 Å². The van der Waals surface area contributed by atoms with Crippen LogP contribution in [0.3, 0.4) is 0 Å². The van der Waals surface area contributed by atoms with Gasteiger partial charge < -0.3 is 5.73 Å². The van der Waals surface area contributed by atoms with Gasteiger partial charge in [-0.3, -0.25) is 0 Å². The molecule has 0 bridgehead atoms. The van der Waals surface area contributed by atoms with Gasteiger partial charge in [-0.2, -0.15) is 0 Å². The molecule has 0 fully saturated rings. The molecule has 1 atom stereocenters. The summed E-state index contributed by atoms with van der Waals surface area (Å²) in [4.78, 5) is 0. The maximum Gasteiger partial charge on any atom is 0.253 e. The summed E-state index contributed by atoms with van der Waals surface area (Å²) in [5.41, 5.74) is 5.83. The largest absolute Gasteiger partial charge is 0.323 e. The van der Waals surface area contributed by atoms with Crippen LogP contribution in [0.15, 0.2) is 18.2 Å². The van der Waals surface area contributed by atoms with Crippen LogP contribution in [0, 0.1) is 0 Å². The van der Waals surface area contributed by atoms with Crippen molar-refractivity contribution in [1.29, 1.82) is 0 Å². The van der Waals surface area contributed by atoms with Gasteiger partial charge in [-0.15, -0.1) is 0 Å². The molecule has 0 aromatic heterocycles. The van der Waals surface area contributed by atoms with Crippen LogP contribution >= 0.6 is 23.2 Å². The molecule has 0 aliphatic heterocycles. The summed E-state index contributed by atoms with van der Waals surface area (Å²) in [6.07, 6.45) is -2.47. The van der Waals surface area contributed by atoms with Crippen LogP contribution in [0.5, 0.6) is 0 Å². The lowest BCUT2D eigenvalue weighted by Gasteiger charge is -2.10. The Labute approximate surface area is 90.8 Å². The Bertz CT molecular complexity index is 297. The highest BCUT2D eigenvalue weighted by Crippen LogP contribution is 2.20. The van der Waals surface area contributed by atoms with Crippen molar-refractivity contribution in [3.05, 3.63) is 33.8 Å². The topological polar surface area (TPSA) is 26.0 Å². The van der Waals surface area contributed by atoms with Crippen molar-refractivity contribution < 1.29 is 8.78 Å². The van der Waals surface area contributed by atoms with Crippen molar-refractivity contribution >= 4 is 23.2 Å². The van der Waals surface area contributed by atoms with Crippen LogP contribution in [0.4, 0.5) is 8.78 Å². The van der Waals surface area contributed by atoms with Gasteiger partial charge in [0, 0.05) is 10.0 Å². The van der Waals surface area contributed by atoms with Crippen molar-refractivity contribution in [1.82, 2.24) is 0 Å². The average Bonchev–Trinajstić information content (AvgIpc) is 2.01. The summed E-state index contributed by atoms with van der Waals surface area (Å²) in [5.74, 6) is 0. The van der Waals surface area contributed by atoms with E-state index >= 15 is 0 Å². The molecule has 0 saturated carbocycles. The van der Waals surface area contributed by atoms with Gasteiger partial charge in [0.15, 0.2) is 0 Å². The van der Waals surface area contributed by atoms with E-state index in [2.05, 4.69) is 0 Å². The Morgan fingerprint density at radius 2 is 1.64 bits per heavy atom. The number of hydrogen-bond acceptors (Lipinski definition) is 1. The normalized spacial score (nSPS) is 13.3. The molecular weight excluding hydrogens is 231 g/mol. The first kappa shape index (κ1) is 11.7. The first-order valence-electron chi connectivity index (χ1n) is 3.97. The predicted molar refractivity (Wildman–Crippen MR) is 54.1 cm³/mol. The van der Waals surface area contributed by atoms with E-state index in [0.717, 1.165) is 0 Å². The maximum absolute atomic E-state index is 12.1. The van der Waals surface area contributed by atoms with E-state index < -0.39 is 12.5 Å². The van der Waals surface area contributed by atoms with Crippen molar-refractivity contribution in [3.8, 4) is 0 Å². The highest BCUT2D eigenvalue weighted by Gasteiger charge is 2.15. The first-order chi connectivity index (χ1) is 6.49. The van der Waals surface area contributed by atoms with Crippen LogP contribution < -0.4 is 5.73 Å². The Morgan fingerprint density at radius 3 is 2.07 bits per heavy atom. The zero-order valence-electron chi connectivity index (χ0n) is 7.18. The van der Waals surface area contributed by atoms with Gasteiger partial charge in [0.1, 0.15) is 0 Å². The van der Waals surface area contributed by atoms with E-state index in [0.29, 0.717) is 15.6 Å². The number of benzene rings is 1. The average molecular weight is 240 g/mol. The first-order valence-corrected chi connectivity index (χ1v) is 4.73. The van der Waals surface area contributed by atoms with Crippen LogP contribution in [-0.4, -0.2) is 12.5 Å².